The number of hydrogen-bond donors (Lipinski definition) is 2. The molecule has 0 atom stereocenters. The maximum Gasteiger partial charge on any atom is 0.234 e. The molecule has 0 saturated carbocycles. The lowest BCUT2D eigenvalue weighted by Gasteiger charge is -2.18. The quantitative estimate of drug-likeness (QED) is 0.533. The highest BCUT2D eigenvalue weighted by molar-refractivity contribution is 8.00. The normalized spacial score (nSPS) is 10.7. The minimum absolute atomic E-state index is 0.129. The summed E-state index contributed by atoms with van der Waals surface area (Å²) in [5.74, 6) is -0.995. The highest BCUT2D eigenvalue weighted by atomic mass is 32.2. The summed E-state index contributed by atoms with van der Waals surface area (Å²) >= 11 is 1.35. The van der Waals surface area contributed by atoms with Crippen LogP contribution >= 0.6 is 11.8 Å². The van der Waals surface area contributed by atoms with Gasteiger partial charge in [-0.15, -0.1) is 11.8 Å². The fourth-order valence-electron chi connectivity index (χ4n) is 2.89. The van der Waals surface area contributed by atoms with E-state index in [-0.39, 0.29) is 34.5 Å². The second-order valence-corrected chi connectivity index (χ2v) is 7.70. The molecule has 2 N–H and O–H groups in total. The molecule has 0 aliphatic rings. The second kappa shape index (κ2) is 10.0. The number of halogens is 2. The number of carbonyl (C=O) groups is 2. The molecule has 0 aliphatic carbocycles. The molecule has 0 bridgehead atoms. The molecule has 0 fully saturated rings. The minimum Gasteiger partial charge on any atom is -0.326 e. The van der Waals surface area contributed by atoms with Gasteiger partial charge in [0.2, 0.25) is 11.8 Å². The highest BCUT2D eigenvalue weighted by Gasteiger charge is 2.17. The van der Waals surface area contributed by atoms with Crippen LogP contribution in [0.1, 0.15) is 23.3 Å². The number of amides is 2. The summed E-state index contributed by atoms with van der Waals surface area (Å²) in [6, 6.07) is 18.9. The van der Waals surface area contributed by atoms with E-state index in [2.05, 4.69) is 10.6 Å². The van der Waals surface area contributed by atoms with Crippen molar-refractivity contribution in [2.75, 3.05) is 16.4 Å². The number of thioether (sulfide) groups is 1. The summed E-state index contributed by atoms with van der Waals surface area (Å²) in [4.78, 5) is 23.7. The minimum atomic E-state index is -0.349. The Morgan fingerprint density at radius 3 is 1.83 bits per heavy atom. The first-order valence-corrected chi connectivity index (χ1v) is 10.3. The maximum absolute atomic E-state index is 13.3. The number of rotatable bonds is 7. The van der Waals surface area contributed by atoms with Crippen LogP contribution in [0.3, 0.4) is 0 Å². The van der Waals surface area contributed by atoms with Crippen molar-refractivity contribution in [1.82, 2.24) is 0 Å². The topological polar surface area (TPSA) is 58.2 Å². The van der Waals surface area contributed by atoms with Crippen LogP contribution in [-0.2, 0) is 9.59 Å². The molecule has 0 aromatic heterocycles. The largest absolute Gasteiger partial charge is 0.326 e. The molecule has 154 valence electrons. The van der Waals surface area contributed by atoms with Gasteiger partial charge in [0, 0.05) is 18.3 Å². The predicted octanol–water partition coefficient (Wildman–Crippen LogP) is 5.38. The van der Waals surface area contributed by atoms with Gasteiger partial charge in [-0.05, 0) is 53.6 Å². The van der Waals surface area contributed by atoms with Crippen molar-refractivity contribution in [1.29, 1.82) is 0 Å². The molecule has 0 saturated heterocycles. The zero-order chi connectivity index (χ0) is 21.5. The molecule has 7 heteroatoms. The Morgan fingerprint density at radius 2 is 1.33 bits per heavy atom. The van der Waals surface area contributed by atoms with Gasteiger partial charge in [0.1, 0.15) is 11.6 Å². The number of nitrogens with one attached hydrogen (secondary N) is 2. The Kier molecular flexibility index (Phi) is 7.19. The molecule has 4 nitrogen and oxygen atoms in total. The van der Waals surface area contributed by atoms with E-state index in [0.29, 0.717) is 11.4 Å². The molecule has 2 amide bonds. The Hall–Kier alpha value is -3.19. The van der Waals surface area contributed by atoms with Gasteiger partial charge in [-0.25, -0.2) is 8.78 Å². The molecule has 0 unspecified atom stereocenters. The van der Waals surface area contributed by atoms with Crippen molar-refractivity contribution in [3.63, 3.8) is 0 Å². The molecule has 3 rings (SSSR count). The smallest absolute Gasteiger partial charge is 0.234 e. The molecule has 0 spiro atoms. The molecule has 3 aromatic carbocycles. The van der Waals surface area contributed by atoms with Crippen LogP contribution in [0, 0.1) is 11.6 Å². The van der Waals surface area contributed by atoms with Crippen LogP contribution in [0.15, 0.2) is 72.8 Å². The lowest BCUT2D eigenvalue weighted by atomic mass is 10.0. The zero-order valence-corrected chi connectivity index (χ0v) is 17.0. The van der Waals surface area contributed by atoms with Gasteiger partial charge in [-0.1, -0.05) is 30.3 Å². The van der Waals surface area contributed by atoms with Crippen molar-refractivity contribution >= 4 is 35.0 Å². The molecule has 3 aromatic rings. The molecular formula is C23H20F2N2O2S. The van der Waals surface area contributed by atoms with E-state index < -0.39 is 0 Å². The SMILES string of the molecule is CC(=O)Nc1cccc(NC(=O)CSC(c2ccc(F)cc2)c2ccc(F)cc2)c1. The summed E-state index contributed by atoms with van der Waals surface area (Å²) < 4.78 is 26.7. The van der Waals surface area contributed by atoms with Crippen LogP contribution in [0.25, 0.3) is 0 Å². The molecule has 30 heavy (non-hydrogen) atoms. The average molecular weight is 426 g/mol. The Labute approximate surface area is 177 Å². The maximum atomic E-state index is 13.3. The summed E-state index contributed by atoms with van der Waals surface area (Å²) in [7, 11) is 0. The van der Waals surface area contributed by atoms with Crippen molar-refractivity contribution in [3.8, 4) is 0 Å². The van der Waals surface area contributed by atoms with Crippen LogP contribution in [0.4, 0.5) is 20.2 Å². The van der Waals surface area contributed by atoms with E-state index in [4.69, 9.17) is 0 Å². The van der Waals surface area contributed by atoms with E-state index in [1.165, 1.54) is 43.0 Å². The number of hydrogen-bond acceptors (Lipinski definition) is 3. The Bertz CT molecular complexity index is 979. The Morgan fingerprint density at radius 1 is 0.833 bits per heavy atom. The summed E-state index contributed by atoms with van der Waals surface area (Å²) in [5.41, 5.74) is 2.78. The first kappa shape index (κ1) is 21.5. The molecule has 0 aliphatic heterocycles. The van der Waals surface area contributed by atoms with Crippen molar-refractivity contribution in [2.24, 2.45) is 0 Å². The van der Waals surface area contributed by atoms with Gasteiger partial charge in [0.25, 0.3) is 0 Å². The fourth-order valence-corrected chi connectivity index (χ4v) is 3.98. The monoisotopic (exact) mass is 426 g/mol. The van der Waals surface area contributed by atoms with E-state index in [1.807, 2.05) is 0 Å². The lowest BCUT2D eigenvalue weighted by molar-refractivity contribution is -0.114. The van der Waals surface area contributed by atoms with E-state index >= 15 is 0 Å². The highest BCUT2D eigenvalue weighted by Crippen LogP contribution is 2.36. The van der Waals surface area contributed by atoms with Gasteiger partial charge in [-0.2, -0.15) is 0 Å². The van der Waals surface area contributed by atoms with Gasteiger partial charge < -0.3 is 10.6 Å². The number of benzene rings is 3. The standard InChI is InChI=1S/C23H20F2N2O2S/c1-15(28)26-20-3-2-4-21(13-20)27-22(29)14-30-23(16-5-9-18(24)10-6-16)17-7-11-19(25)12-8-17/h2-13,23H,14H2,1H3,(H,26,28)(H,27,29). The first-order valence-electron chi connectivity index (χ1n) is 9.21. The third-order valence-corrected chi connectivity index (χ3v) is 5.50. The summed E-state index contributed by atoms with van der Waals surface area (Å²) in [6.07, 6.45) is 0. The molecular weight excluding hydrogens is 406 g/mol. The molecule has 0 heterocycles. The van der Waals surface area contributed by atoms with E-state index in [0.717, 1.165) is 11.1 Å². The van der Waals surface area contributed by atoms with Gasteiger partial charge in [-0.3, -0.25) is 9.59 Å². The fraction of sp³-hybridized carbons (Fsp3) is 0.130. The van der Waals surface area contributed by atoms with Crippen molar-refractivity contribution in [3.05, 3.63) is 95.6 Å². The van der Waals surface area contributed by atoms with Crippen LogP contribution in [-0.4, -0.2) is 17.6 Å². The number of carbonyl (C=O) groups excluding carboxylic acids is 2. The average Bonchev–Trinajstić information content (AvgIpc) is 2.70. The Balaban J connectivity index is 1.70. The summed E-state index contributed by atoms with van der Waals surface area (Å²) in [5, 5.41) is 5.20. The van der Waals surface area contributed by atoms with Gasteiger partial charge in [0.05, 0.1) is 11.0 Å². The van der Waals surface area contributed by atoms with E-state index in [9.17, 15) is 18.4 Å². The first-order chi connectivity index (χ1) is 14.4. The van der Waals surface area contributed by atoms with Crippen molar-refractivity contribution < 1.29 is 18.4 Å². The van der Waals surface area contributed by atoms with Crippen LogP contribution in [0.5, 0.6) is 0 Å². The molecule has 0 radical (unpaired) electrons. The third-order valence-electron chi connectivity index (χ3n) is 4.19. The van der Waals surface area contributed by atoms with Crippen molar-refractivity contribution in [2.45, 2.75) is 12.2 Å². The lowest BCUT2D eigenvalue weighted by Crippen LogP contribution is -2.15. The third kappa shape index (κ3) is 6.15. The van der Waals surface area contributed by atoms with Crippen LogP contribution in [0.2, 0.25) is 0 Å². The number of anilines is 2. The van der Waals surface area contributed by atoms with Crippen LogP contribution < -0.4 is 10.6 Å². The van der Waals surface area contributed by atoms with Gasteiger partial charge >= 0.3 is 0 Å². The van der Waals surface area contributed by atoms with E-state index in [1.54, 1.807) is 48.5 Å². The predicted molar refractivity (Wildman–Crippen MR) is 116 cm³/mol. The second-order valence-electron chi connectivity index (χ2n) is 6.60. The zero-order valence-electron chi connectivity index (χ0n) is 16.2. The van der Waals surface area contributed by atoms with Gasteiger partial charge in [0.15, 0.2) is 0 Å². The summed E-state index contributed by atoms with van der Waals surface area (Å²) in [6.45, 7) is 1.41.